The average molecular weight is 319 g/mol. The smallest absolute Gasteiger partial charge is 0.340 e. The van der Waals surface area contributed by atoms with Crippen molar-refractivity contribution in [2.75, 3.05) is 40.3 Å². The summed E-state index contributed by atoms with van der Waals surface area (Å²) >= 11 is 0. The molecule has 21 heavy (non-hydrogen) atoms. The lowest BCUT2D eigenvalue weighted by molar-refractivity contribution is -0.135. The normalized spacial score (nSPS) is 21.6. The first kappa shape index (κ1) is 18.6. The predicted molar refractivity (Wildman–Crippen MR) is 85.1 cm³/mol. The Morgan fingerprint density at radius 3 is 2.10 bits per heavy atom. The van der Waals surface area contributed by atoms with Gasteiger partial charge in [-0.3, -0.25) is 9.36 Å². The van der Waals surface area contributed by atoms with Crippen LogP contribution in [0.1, 0.15) is 34.1 Å². The summed E-state index contributed by atoms with van der Waals surface area (Å²) in [7, 11) is 0.582. The van der Waals surface area contributed by atoms with Gasteiger partial charge in [-0.2, -0.15) is 0 Å². The van der Waals surface area contributed by atoms with Crippen molar-refractivity contribution in [2.24, 2.45) is 5.92 Å². The molecule has 0 bridgehead atoms. The van der Waals surface area contributed by atoms with Crippen LogP contribution in [0.5, 0.6) is 0 Å². The lowest BCUT2D eigenvalue weighted by atomic mass is 10.2. The minimum Gasteiger partial charge on any atom is -0.340 e. The van der Waals surface area contributed by atoms with Gasteiger partial charge in [-0.1, -0.05) is 20.8 Å². The minimum absolute atomic E-state index is 0.00793. The quantitative estimate of drug-likeness (QED) is 0.703. The first-order valence-corrected chi connectivity index (χ1v) is 9.25. The first-order chi connectivity index (χ1) is 9.72. The fourth-order valence-corrected chi connectivity index (χ4v) is 4.39. The van der Waals surface area contributed by atoms with Crippen LogP contribution in [0, 0.1) is 5.92 Å². The second-order valence-corrected chi connectivity index (χ2v) is 8.65. The maximum absolute atomic E-state index is 13.2. The van der Waals surface area contributed by atoms with Crippen LogP contribution >= 0.6 is 7.67 Å². The monoisotopic (exact) mass is 319 g/mol. The van der Waals surface area contributed by atoms with Crippen molar-refractivity contribution in [3.8, 4) is 0 Å². The highest BCUT2D eigenvalue weighted by Crippen LogP contribution is 2.54. The molecule has 6 nitrogen and oxygen atoms in total. The zero-order valence-electron chi connectivity index (χ0n) is 14.2. The zero-order valence-corrected chi connectivity index (χ0v) is 15.1. The molecule has 1 fully saturated rings. The average Bonchev–Trinajstić information content (AvgIpc) is 2.45. The molecule has 1 amide bonds. The van der Waals surface area contributed by atoms with Gasteiger partial charge >= 0.3 is 7.67 Å². The van der Waals surface area contributed by atoms with E-state index in [0.717, 1.165) is 6.42 Å². The van der Waals surface area contributed by atoms with Crippen molar-refractivity contribution in [1.82, 2.24) is 14.2 Å². The summed E-state index contributed by atoms with van der Waals surface area (Å²) in [5.74, 6) is 0.172. The van der Waals surface area contributed by atoms with Gasteiger partial charge in [0.2, 0.25) is 5.91 Å². The second-order valence-electron chi connectivity index (χ2n) is 6.10. The Labute approximate surface area is 129 Å². The zero-order chi connectivity index (χ0) is 16.2. The number of nitrogens with zero attached hydrogens (tertiary/aromatic N) is 3. The van der Waals surface area contributed by atoms with E-state index in [4.69, 9.17) is 4.52 Å². The first-order valence-electron chi connectivity index (χ1n) is 7.72. The predicted octanol–water partition coefficient (Wildman–Crippen LogP) is 2.27. The van der Waals surface area contributed by atoms with Gasteiger partial charge in [-0.25, -0.2) is 9.34 Å². The third-order valence-electron chi connectivity index (χ3n) is 3.82. The fraction of sp³-hybridized carbons (Fsp3) is 0.929. The van der Waals surface area contributed by atoms with Crippen molar-refractivity contribution in [2.45, 2.75) is 40.2 Å². The van der Waals surface area contributed by atoms with Crippen molar-refractivity contribution in [3.63, 3.8) is 0 Å². The number of carbonyl (C=O) groups is 1. The molecular formula is C14H30N3O3P. The molecule has 0 radical (unpaired) electrons. The van der Waals surface area contributed by atoms with Crippen LogP contribution in [0.3, 0.4) is 0 Å². The number of piperazine rings is 1. The third kappa shape index (κ3) is 4.52. The van der Waals surface area contributed by atoms with Crippen LogP contribution in [-0.2, 0) is 13.9 Å². The Morgan fingerprint density at radius 1 is 1.19 bits per heavy atom. The molecule has 0 N–H and O–H groups in total. The molecule has 0 saturated carbocycles. The van der Waals surface area contributed by atoms with Gasteiger partial charge in [0, 0.05) is 32.1 Å². The van der Waals surface area contributed by atoms with E-state index in [1.54, 1.807) is 18.8 Å². The maximum atomic E-state index is 13.2. The van der Waals surface area contributed by atoms with E-state index in [9.17, 15) is 9.36 Å². The highest BCUT2D eigenvalue weighted by Gasteiger charge is 2.38. The molecule has 0 aromatic heterocycles. The van der Waals surface area contributed by atoms with E-state index in [1.165, 1.54) is 0 Å². The summed E-state index contributed by atoms with van der Waals surface area (Å²) < 4.78 is 22.6. The highest BCUT2D eigenvalue weighted by atomic mass is 31.2. The SMILES string of the molecule is CCC(C)OP(=O)(N(C)C)N1CCN(C(=O)C(C)C)CC1. The fourth-order valence-electron chi connectivity index (χ4n) is 2.26. The largest absolute Gasteiger partial charge is 0.345 e. The molecule has 1 rings (SSSR count). The van der Waals surface area contributed by atoms with Gasteiger partial charge in [0.1, 0.15) is 0 Å². The number of amides is 1. The third-order valence-corrected chi connectivity index (χ3v) is 6.58. The maximum Gasteiger partial charge on any atom is 0.345 e. The summed E-state index contributed by atoms with van der Waals surface area (Å²) in [5, 5.41) is 0. The van der Waals surface area contributed by atoms with Gasteiger partial charge in [-0.05, 0) is 27.4 Å². The molecule has 0 spiro atoms. The second kappa shape index (κ2) is 7.73. The molecule has 1 heterocycles. The Hall–Kier alpha value is -0.420. The van der Waals surface area contributed by atoms with Crippen LogP contribution in [0.2, 0.25) is 0 Å². The van der Waals surface area contributed by atoms with Gasteiger partial charge in [-0.15, -0.1) is 0 Å². The summed E-state index contributed by atoms with van der Waals surface area (Å²) in [6, 6.07) is 0. The lowest BCUT2D eigenvalue weighted by Gasteiger charge is -2.41. The Morgan fingerprint density at radius 2 is 1.71 bits per heavy atom. The Balaban J connectivity index is 2.73. The van der Waals surface area contributed by atoms with E-state index < -0.39 is 7.67 Å². The molecule has 1 aliphatic rings. The van der Waals surface area contributed by atoms with E-state index in [1.807, 2.05) is 37.3 Å². The molecule has 124 valence electrons. The van der Waals surface area contributed by atoms with E-state index in [0.29, 0.717) is 26.2 Å². The Bertz CT molecular complexity index is 393. The number of rotatable bonds is 6. The van der Waals surface area contributed by atoms with Gasteiger partial charge in [0.25, 0.3) is 0 Å². The molecule has 0 aromatic carbocycles. The van der Waals surface area contributed by atoms with E-state index in [2.05, 4.69) is 0 Å². The molecule has 2 unspecified atom stereocenters. The molecule has 1 aliphatic heterocycles. The van der Waals surface area contributed by atoms with Crippen molar-refractivity contribution < 1.29 is 13.9 Å². The van der Waals surface area contributed by atoms with E-state index >= 15 is 0 Å². The van der Waals surface area contributed by atoms with Gasteiger partial charge in [0.05, 0.1) is 6.10 Å². The highest BCUT2D eigenvalue weighted by molar-refractivity contribution is 7.53. The van der Waals surface area contributed by atoms with Crippen LogP contribution in [0.25, 0.3) is 0 Å². The van der Waals surface area contributed by atoms with Crippen LogP contribution in [0.15, 0.2) is 0 Å². The van der Waals surface area contributed by atoms with Crippen LogP contribution in [-0.4, -0.2) is 66.5 Å². The van der Waals surface area contributed by atoms with Crippen LogP contribution in [0.4, 0.5) is 0 Å². The van der Waals surface area contributed by atoms with Crippen molar-refractivity contribution >= 4 is 13.6 Å². The van der Waals surface area contributed by atoms with E-state index in [-0.39, 0.29) is 17.9 Å². The van der Waals surface area contributed by atoms with Crippen LogP contribution < -0.4 is 0 Å². The lowest BCUT2D eigenvalue weighted by Crippen LogP contribution is -2.50. The molecular weight excluding hydrogens is 289 g/mol. The minimum atomic E-state index is -2.99. The molecule has 7 heteroatoms. The molecule has 0 aliphatic carbocycles. The Kier molecular flexibility index (Phi) is 6.85. The molecule has 1 saturated heterocycles. The summed E-state index contributed by atoms with van der Waals surface area (Å²) in [4.78, 5) is 13.9. The molecule has 0 aromatic rings. The topological polar surface area (TPSA) is 53.1 Å². The van der Waals surface area contributed by atoms with Crippen molar-refractivity contribution in [3.05, 3.63) is 0 Å². The van der Waals surface area contributed by atoms with Gasteiger partial charge in [0.15, 0.2) is 0 Å². The summed E-state index contributed by atoms with van der Waals surface area (Å²) in [6.45, 7) is 10.2. The summed E-state index contributed by atoms with van der Waals surface area (Å²) in [5.41, 5.74) is 0. The summed E-state index contributed by atoms with van der Waals surface area (Å²) in [6.07, 6.45) is 0.775. The van der Waals surface area contributed by atoms with Crippen molar-refractivity contribution in [1.29, 1.82) is 0 Å². The van der Waals surface area contributed by atoms with Gasteiger partial charge < -0.3 is 9.42 Å². The number of hydrogen-bond donors (Lipinski definition) is 0. The standard InChI is InChI=1S/C14H30N3O3P/c1-7-13(4)20-21(19,15(5)6)17-10-8-16(9-11-17)14(18)12(2)3/h12-13H,7-11H2,1-6H3. The number of carbonyl (C=O) groups excluding carboxylic acids is 1. The number of hydrogen-bond acceptors (Lipinski definition) is 3. The molecule has 2 atom stereocenters.